The van der Waals surface area contributed by atoms with Crippen molar-refractivity contribution in [1.29, 1.82) is 0 Å². The van der Waals surface area contributed by atoms with Crippen LogP contribution < -0.4 is 26.6 Å². The van der Waals surface area contributed by atoms with Crippen LogP contribution in [0.15, 0.2) is 183 Å². The fraction of sp³-hybridized carbons (Fsp3) is 0.138. The van der Waals surface area contributed by atoms with Gasteiger partial charge in [0.2, 0.25) is 6.71 Å². The second-order valence-electron chi connectivity index (χ2n) is 18.0. The zero-order chi connectivity index (χ0) is 42.0. The number of nitrogens with one attached hydrogen (secondary N) is 1. The van der Waals surface area contributed by atoms with E-state index >= 15 is 0 Å². The van der Waals surface area contributed by atoms with E-state index in [9.17, 15) is 0 Å². The molecule has 296 valence electrons. The lowest BCUT2D eigenvalue weighted by molar-refractivity contribution is 0.520. The zero-order valence-corrected chi connectivity index (χ0v) is 36.1. The molecule has 0 spiro atoms. The normalized spacial score (nSPS) is 14.2. The molecule has 2 nitrogen and oxygen atoms in total. The van der Waals surface area contributed by atoms with Crippen molar-refractivity contribution in [3.8, 4) is 22.3 Å². The third-order valence-corrected chi connectivity index (χ3v) is 13.6. The maximum atomic E-state index is 4.49. The fourth-order valence-corrected chi connectivity index (χ4v) is 10.4. The van der Waals surface area contributed by atoms with Crippen LogP contribution in [-0.4, -0.2) is 6.71 Å². The molecule has 0 unspecified atom stereocenters. The first kappa shape index (κ1) is 38.4. The average molecular weight is 787 g/mol. The first-order valence-corrected chi connectivity index (χ1v) is 21.6. The second kappa shape index (κ2) is 14.7. The Bertz CT molecular complexity index is 3000. The highest BCUT2D eigenvalue weighted by molar-refractivity contribution is 6.98. The Hall–Kier alpha value is -6.84. The number of nitrogens with zero attached hydrogens (tertiary/aromatic N) is 1. The van der Waals surface area contributed by atoms with Gasteiger partial charge in [0.15, 0.2) is 0 Å². The molecule has 3 heteroatoms. The highest BCUT2D eigenvalue weighted by Gasteiger charge is 2.43. The maximum Gasteiger partial charge on any atom is 0.245 e. The van der Waals surface area contributed by atoms with E-state index in [2.05, 4.69) is 240 Å². The molecule has 1 aliphatic carbocycles. The Labute approximate surface area is 362 Å². The summed E-state index contributed by atoms with van der Waals surface area (Å²) < 4.78 is 0. The Balaban J connectivity index is 1.29. The number of fused-ring (bicyclic) bond motifs is 6. The summed E-state index contributed by atoms with van der Waals surface area (Å²) in [6.45, 7) is 18.5. The standard InChI is InChI=1S/C58H51BN2/c1-8-40-34-42(41-22-11-9-12-23-41)35-54-56(40)59(52-37-50-49(33-39(52)3)57(4,5)47-27-17-18-28-48(47)58(50,6)7)51-32-31-44(36-46(51)45-26-16-19-29-53(45)60-54)61(43-24-13-10-14-25-43)55-30-20-15-21-38(55)2/h8-37,60H,1H2,2-7H3. The summed E-state index contributed by atoms with van der Waals surface area (Å²) in [6, 6.07) is 65.0. The number of aryl methyl sites for hydroxylation is 2. The van der Waals surface area contributed by atoms with Crippen molar-refractivity contribution in [3.05, 3.63) is 221 Å². The zero-order valence-electron chi connectivity index (χ0n) is 36.1. The minimum absolute atomic E-state index is 0.122. The molecule has 1 heterocycles. The minimum Gasteiger partial charge on any atom is -0.355 e. The van der Waals surface area contributed by atoms with E-state index in [1.54, 1.807) is 0 Å². The van der Waals surface area contributed by atoms with Gasteiger partial charge in [-0.2, -0.15) is 0 Å². The molecule has 10 rings (SSSR count). The van der Waals surface area contributed by atoms with Gasteiger partial charge in [0.1, 0.15) is 0 Å². The van der Waals surface area contributed by atoms with Gasteiger partial charge in [-0.25, -0.2) is 0 Å². The van der Waals surface area contributed by atoms with Gasteiger partial charge in [-0.3, -0.25) is 0 Å². The molecule has 0 aromatic heterocycles. The van der Waals surface area contributed by atoms with Gasteiger partial charge in [-0.05, 0) is 118 Å². The van der Waals surface area contributed by atoms with Crippen LogP contribution in [0.25, 0.3) is 28.3 Å². The Morgan fingerprint density at radius 1 is 0.492 bits per heavy atom. The smallest absolute Gasteiger partial charge is 0.245 e. The van der Waals surface area contributed by atoms with Crippen molar-refractivity contribution < 1.29 is 0 Å². The van der Waals surface area contributed by atoms with Gasteiger partial charge in [0, 0.05) is 44.8 Å². The van der Waals surface area contributed by atoms with Gasteiger partial charge in [0.05, 0.1) is 0 Å². The van der Waals surface area contributed by atoms with Gasteiger partial charge >= 0.3 is 0 Å². The van der Waals surface area contributed by atoms with Crippen LogP contribution in [0, 0.1) is 13.8 Å². The molecule has 0 saturated carbocycles. The number of rotatable bonds is 6. The van der Waals surface area contributed by atoms with Gasteiger partial charge in [-0.15, -0.1) is 0 Å². The van der Waals surface area contributed by atoms with Crippen LogP contribution in [0.1, 0.15) is 66.6 Å². The van der Waals surface area contributed by atoms with E-state index in [0.29, 0.717) is 0 Å². The Morgan fingerprint density at radius 2 is 1.11 bits per heavy atom. The summed E-state index contributed by atoms with van der Waals surface area (Å²) in [5.74, 6) is 0. The third-order valence-electron chi connectivity index (χ3n) is 13.6. The molecule has 0 saturated heterocycles. The molecule has 61 heavy (non-hydrogen) atoms. The lowest BCUT2D eigenvalue weighted by Crippen LogP contribution is -2.56. The molecular weight excluding hydrogens is 735 g/mol. The van der Waals surface area contributed by atoms with E-state index in [1.165, 1.54) is 66.5 Å². The van der Waals surface area contributed by atoms with Crippen molar-refractivity contribution in [2.24, 2.45) is 0 Å². The predicted octanol–water partition coefficient (Wildman–Crippen LogP) is 13.3. The number of benzene rings is 8. The maximum absolute atomic E-state index is 4.49. The number of hydrogen-bond donors (Lipinski definition) is 1. The summed E-state index contributed by atoms with van der Waals surface area (Å²) in [7, 11) is 0. The van der Waals surface area contributed by atoms with Crippen LogP contribution >= 0.6 is 0 Å². The number of hydrogen-bond acceptors (Lipinski definition) is 2. The van der Waals surface area contributed by atoms with E-state index in [0.717, 1.165) is 39.6 Å². The first-order chi connectivity index (χ1) is 29.6. The quantitative estimate of drug-likeness (QED) is 0.169. The summed E-state index contributed by atoms with van der Waals surface area (Å²) in [6.07, 6.45) is 2.06. The van der Waals surface area contributed by atoms with Crippen LogP contribution in [0.5, 0.6) is 0 Å². The molecule has 8 aromatic carbocycles. The molecule has 1 N–H and O–H groups in total. The van der Waals surface area contributed by atoms with Crippen molar-refractivity contribution >= 4 is 57.6 Å². The molecule has 8 aromatic rings. The molecule has 0 bridgehead atoms. The van der Waals surface area contributed by atoms with Crippen LogP contribution in [0.4, 0.5) is 28.4 Å². The van der Waals surface area contributed by atoms with Crippen LogP contribution in [0.2, 0.25) is 0 Å². The average Bonchev–Trinajstić information content (AvgIpc) is 3.28. The van der Waals surface area contributed by atoms with Gasteiger partial charge < -0.3 is 10.2 Å². The fourth-order valence-electron chi connectivity index (χ4n) is 10.4. The van der Waals surface area contributed by atoms with E-state index in [4.69, 9.17) is 0 Å². The number of anilines is 5. The van der Waals surface area contributed by atoms with Gasteiger partial charge in [-0.1, -0.05) is 184 Å². The predicted molar refractivity (Wildman–Crippen MR) is 263 cm³/mol. The second-order valence-corrected chi connectivity index (χ2v) is 18.0. The van der Waals surface area contributed by atoms with Crippen molar-refractivity contribution in [1.82, 2.24) is 0 Å². The van der Waals surface area contributed by atoms with Crippen molar-refractivity contribution in [2.75, 3.05) is 10.2 Å². The third kappa shape index (κ3) is 6.26. The summed E-state index contributed by atoms with van der Waals surface area (Å²) in [5, 5.41) is 4.05. The molecule has 0 fully saturated rings. The van der Waals surface area contributed by atoms with Crippen molar-refractivity contribution in [3.63, 3.8) is 0 Å². The van der Waals surface area contributed by atoms with Gasteiger partial charge in [0.25, 0.3) is 0 Å². The SMILES string of the molecule is C=Cc1cc(-c2ccccc2)cc2c1B(c1cc3c(cc1C)C(C)(C)c1ccccc1C3(C)C)c1ccc(N(c3ccccc3)c3ccccc3C)cc1-c1ccccc1N2. The molecule has 2 aliphatic rings. The van der Waals surface area contributed by atoms with E-state index in [-0.39, 0.29) is 17.5 Å². The van der Waals surface area contributed by atoms with Crippen LogP contribution in [-0.2, 0) is 10.8 Å². The lowest BCUT2D eigenvalue weighted by Gasteiger charge is -2.44. The number of para-hydroxylation sites is 3. The first-order valence-electron chi connectivity index (χ1n) is 21.6. The highest BCUT2D eigenvalue weighted by Crippen LogP contribution is 2.50. The summed E-state index contributed by atoms with van der Waals surface area (Å²) in [5.41, 5.74) is 23.0. The highest BCUT2D eigenvalue weighted by atomic mass is 15.1. The van der Waals surface area contributed by atoms with E-state index < -0.39 is 0 Å². The Kier molecular flexibility index (Phi) is 9.25. The monoisotopic (exact) mass is 786 g/mol. The van der Waals surface area contributed by atoms with Crippen LogP contribution in [0.3, 0.4) is 0 Å². The molecular formula is C58H51BN2. The molecule has 0 radical (unpaired) electrons. The topological polar surface area (TPSA) is 15.3 Å². The molecule has 0 amide bonds. The molecule has 0 atom stereocenters. The lowest BCUT2D eigenvalue weighted by atomic mass is 9.33. The molecule has 1 aliphatic heterocycles. The largest absolute Gasteiger partial charge is 0.355 e. The minimum atomic E-state index is -0.200. The van der Waals surface area contributed by atoms with E-state index in [1.807, 2.05) is 0 Å². The summed E-state index contributed by atoms with van der Waals surface area (Å²) in [4.78, 5) is 2.40. The summed E-state index contributed by atoms with van der Waals surface area (Å²) >= 11 is 0. The Morgan fingerprint density at radius 3 is 1.82 bits per heavy atom. The van der Waals surface area contributed by atoms with Crippen molar-refractivity contribution in [2.45, 2.75) is 52.4 Å².